The van der Waals surface area contributed by atoms with Crippen molar-refractivity contribution in [1.29, 1.82) is 0 Å². The third-order valence-electron chi connectivity index (χ3n) is 5.07. The normalized spacial score (nSPS) is 14.5. The number of benzene rings is 2. The fraction of sp³-hybridized carbons (Fsp3) is 0.348. The molecule has 1 heterocycles. The molecule has 1 aliphatic heterocycles. The second-order valence-electron chi connectivity index (χ2n) is 7.03. The minimum atomic E-state index is -0.151. The summed E-state index contributed by atoms with van der Waals surface area (Å²) < 4.78 is 10.5. The molecular weight excluding hydrogens is 382 g/mol. The van der Waals surface area contributed by atoms with Gasteiger partial charge in [-0.1, -0.05) is 0 Å². The van der Waals surface area contributed by atoms with Crippen LogP contribution in [-0.4, -0.2) is 49.7 Å². The van der Waals surface area contributed by atoms with E-state index in [0.29, 0.717) is 43.9 Å². The number of carbonyl (C=O) groups excluding carboxylic acids is 2. The number of piperidine rings is 1. The zero-order chi connectivity index (χ0) is 21.3. The molecule has 0 aromatic heterocycles. The maximum Gasteiger partial charge on any atom is 0.253 e. The summed E-state index contributed by atoms with van der Waals surface area (Å²) in [6.45, 7) is 3.65. The van der Waals surface area contributed by atoms with Crippen LogP contribution in [0.25, 0.3) is 0 Å². The number of methoxy groups -OCH3 is 1. The standard InChI is InChI=1S/C23H27N3O4/c1-3-30-21-8-4-17(5-9-21)16-24-25-22(27)18-12-14-26(15-13-18)23(28)19-6-10-20(29-2)11-7-19/h4-11,16,18H,3,12-15H2,1-2H3,(H,25,27)/b24-16-. The van der Waals surface area contributed by atoms with E-state index in [4.69, 9.17) is 9.47 Å². The molecular formula is C23H27N3O4. The molecule has 1 aliphatic rings. The topological polar surface area (TPSA) is 80.2 Å². The van der Waals surface area contributed by atoms with Gasteiger partial charge < -0.3 is 14.4 Å². The van der Waals surface area contributed by atoms with E-state index in [2.05, 4.69) is 10.5 Å². The molecule has 158 valence electrons. The van der Waals surface area contributed by atoms with Gasteiger partial charge in [0.25, 0.3) is 5.91 Å². The van der Waals surface area contributed by atoms with Gasteiger partial charge in [0.2, 0.25) is 5.91 Å². The lowest BCUT2D eigenvalue weighted by Crippen LogP contribution is -2.42. The van der Waals surface area contributed by atoms with E-state index in [1.807, 2.05) is 31.2 Å². The van der Waals surface area contributed by atoms with E-state index in [1.165, 1.54) is 0 Å². The van der Waals surface area contributed by atoms with Gasteiger partial charge in [-0.2, -0.15) is 5.10 Å². The van der Waals surface area contributed by atoms with Gasteiger partial charge in [0.1, 0.15) is 11.5 Å². The Bertz CT molecular complexity index is 870. The average Bonchev–Trinajstić information content (AvgIpc) is 2.80. The van der Waals surface area contributed by atoms with Crippen molar-refractivity contribution in [3.63, 3.8) is 0 Å². The van der Waals surface area contributed by atoms with Crippen LogP contribution in [0.1, 0.15) is 35.7 Å². The van der Waals surface area contributed by atoms with Crippen molar-refractivity contribution in [1.82, 2.24) is 10.3 Å². The second kappa shape index (κ2) is 10.4. The van der Waals surface area contributed by atoms with Crippen LogP contribution in [0.5, 0.6) is 11.5 Å². The minimum absolute atomic E-state index is 0.0231. The highest BCUT2D eigenvalue weighted by molar-refractivity contribution is 5.94. The third kappa shape index (κ3) is 5.59. The maximum absolute atomic E-state index is 12.6. The first-order valence-electron chi connectivity index (χ1n) is 10.1. The summed E-state index contributed by atoms with van der Waals surface area (Å²) in [7, 11) is 1.59. The predicted molar refractivity (Wildman–Crippen MR) is 115 cm³/mol. The summed E-state index contributed by atoms with van der Waals surface area (Å²) in [4.78, 5) is 26.8. The fourth-order valence-corrected chi connectivity index (χ4v) is 3.34. The van der Waals surface area contributed by atoms with Crippen molar-refractivity contribution in [3.8, 4) is 11.5 Å². The maximum atomic E-state index is 12.6. The zero-order valence-electron chi connectivity index (χ0n) is 17.3. The van der Waals surface area contributed by atoms with Crippen LogP contribution in [0.3, 0.4) is 0 Å². The Balaban J connectivity index is 1.45. The zero-order valence-corrected chi connectivity index (χ0v) is 17.3. The number of nitrogens with zero attached hydrogens (tertiary/aromatic N) is 2. The molecule has 2 amide bonds. The number of hydrazone groups is 1. The summed E-state index contributed by atoms with van der Waals surface area (Å²) in [6.07, 6.45) is 2.84. The molecule has 0 unspecified atom stereocenters. The van der Waals surface area contributed by atoms with E-state index >= 15 is 0 Å². The molecule has 7 heteroatoms. The lowest BCUT2D eigenvalue weighted by Gasteiger charge is -2.31. The van der Waals surface area contributed by atoms with Gasteiger partial charge in [-0.25, -0.2) is 5.43 Å². The molecule has 0 atom stereocenters. The average molecular weight is 409 g/mol. The quantitative estimate of drug-likeness (QED) is 0.563. The number of rotatable bonds is 7. The van der Waals surface area contributed by atoms with E-state index in [9.17, 15) is 9.59 Å². The third-order valence-corrected chi connectivity index (χ3v) is 5.07. The number of likely N-dealkylation sites (tertiary alicyclic amines) is 1. The second-order valence-corrected chi connectivity index (χ2v) is 7.03. The Labute approximate surface area is 176 Å². The minimum Gasteiger partial charge on any atom is -0.497 e. The molecule has 1 fully saturated rings. The van der Waals surface area contributed by atoms with Crippen LogP contribution in [0, 0.1) is 5.92 Å². The first-order chi connectivity index (χ1) is 14.6. The molecule has 0 spiro atoms. The highest BCUT2D eigenvalue weighted by Crippen LogP contribution is 2.20. The lowest BCUT2D eigenvalue weighted by molar-refractivity contribution is -0.126. The van der Waals surface area contributed by atoms with Crippen molar-refractivity contribution < 1.29 is 19.1 Å². The smallest absolute Gasteiger partial charge is 0.253 e. The molecule has 0 bridgehead atoms. The van der Waals surface area contributed by atoms with Gasteiger partial charge in [-0.3, -0.25) is 9.59 Å². The van der Waals surface area contributed by atoms with Crippen molar-refractivity contribution >= 4 is 18.0 Å². The van der Waals surface area contributed by atoms with Crippen LogP contribution >= 0.6 is 0 Å². The molecule has 0 radical (unpaired) electrons. The van der Waals surface area contributed by atoms with Crippen LogP contribution < -0.4 is 14.9 Å². The molecule has 30 heavy (non-hydrogen) atoms. The number of nitrogens with one attached hydrogen (secondary N) is 1. The van der Waals surface area contributed by atoms with Crippen LogP contribution in [-0.2, 0) is 4.79 Å². The molecule has 2 aromatic rings. The molecule has 7 nitrogen and oxygen atoms in total. The largest absolute Gasteiger partial charge is 0.497 e. The number of hydrogen-bond donors (Lipinski definition) is 1. The summed E-state index contributed by atoms with van der Waals surface area (Å²) in [5.74, 6) is 1.23. The highest BCUT2D eigenvalue weighted by atomic mass is 16.5. The Morgan fingerprint density at radius 1 is 1.07 bits per heavy atom. The van der Waals surface area contributed by atoms with Crippen molar-refractivity contribution in [2.45, 2.75) is 19.8 Å². The Morgan fingerprint density at radius 3 is 2.30 bits per heavy atom. The van der Waals surface area contributed by atoms with Gasteiger partial charge in [-0.15, -0.1) is 0 Å². The Hall–Kier alpha value is -3.35. The van der Waals surface area contributed by atoms with E-state index in [1.54, 1.807) is 42.5 Å². The lowest BCUT2D eigenvalue weighted by atomic mass is 9.95. The van der Waals surface area contributed by atoms with Gasteiger partial charge in [0.15, 0.2) is 0 Å². The fourth-order valence-electron chi connectivity index (χ4n) is 3.34. The summed E-state index contributed by atoms with van der Waals surface area (Å²) in [5, 5.41) is 4.05. The number of ether oxygens (including phenoxy) is 2. The number of carbonyl (C=O) groups is 2. The van der Waals surface area contributed by atoms with Gasteiger partial charge in [-0.05, 0) is 73.9 Å². The first-order valence-corrected chi connectivity index (χ1v) is 10.1. The van der Waals surface area contributed by atoms with Gasteiger partial charge in [0.05, 0.1) is 19.9 Å². The van der Waals surface area contributed by atoms with Gasteiger partial charge >= 0.3 is 0 Å². The van der Waals surface area contributed by atoms with E-state index in [0.717, 1.165) is 11.3 Å². The van der Waals surface area contributed by atoms with E-state index in [-0.39, 0.29) is 17.7 Å². The first kappa shape index (κ1) is 21.4. The molecule has 2 aromatic carbocycles. The van der Waals surface area contributed by atoms with Gasteiger partial charge in [0, 0.05) is 24.6 Å². The molecule has 0 saturated carbocycles. The Morgan fingerprint density at radius 2 is 1.70 bits per heavy atom. The molecule has 3 rings (SSSR count). The summed E-state index contributed by atoms with van der Waals surface area (Å²) in [6, 6.07) is 14.6. The molecule has 0 aliphatic carbocycles. The number of hydrogen-bond acceptors (Lipinski definition) is 5. The van der Waals surface area contributed by atoms with Crippen LogP contribution in [0.4, 0.5) is 0 Å². The SMILES string of the molecule is CCOc1ccc(/C=N\NC(=O)C2CCN(C(=O)c3ccc(OC)cc3)CC2)cc1. The number of amides is 2. The predicted octanol–water partition coefficient (Wildman–Crippen LogP) is 3.10. The Kier molecular flexibility index (Phi) is 7.43. The van der Waals surface area contributed by atoms with Crippen molar-refractivity contribution in [2.75, 3.05) is 26.8 Å². The molecule has 1 saturated heterocycles. The molecule has 1 N–H and O–H groups in total. The summed E-state index contributed by atoms with van der Waals surface area (Å²) >= 11 is 0. The van der Waals surface area contributed by atoms with Crippen molar-refractivity contribution in [2.24, 2.45) is 11.0 Å². The monoisotopic (exact) mass is 409 g/mol. The van der Waals surface area contributed by atoms with Crippen molar-refractivity contribution in [3.05, 3.63) is 59.7 Å². The van der Waals surface area contributed by atoms with Crippen LogP contribution in [0.2, 0.25) is 0 Å². The highest BCUT2D eigenvalue weighted by Gasteiger charge is 2.27. The summed E-state index contributed by atoms with van der Waals surface area (Å²) in [5.41, 5.74) is 4.11. The van der Waals surface area contributed by atoms with E-state index < -0.39 is 0 Å². The van der Waals surface area contributed by atoms with Crippen LogP contribution in [0.15, 0.2) is 53.6 Å².